The second-order valence-corrected chi connectivity index (χ2v) is 6.50. The van der Waals surface area contributed by atoms with E-state index in [1.54, 1.807) is 26.0 Å². The Morgan fingerprint density at radius 1 is 1.17 bits per heavy atom. The van der Waals surface area contributed by atoms with E-state index in [-0.39, 0.29) is 36.5 Å². The number of carbonyl (C=O) groups excluding carboxylic acids is 1. The summed E-state index contributed by atoms with van der Waals surface area (Å²) in [5.74, 6) is -4.01. The molecule has 0 aliphatic rings. The van der Waals surface area contributed by atoms with Gasteiger partial charge in [0.05, 0.1) is 12.2 Å². The van der Waals surface area contributed by atoms with Gasteiger partial charge in [-0.3, -0.25) is 4.79 Å². The van der Waals surface area contributed by atoms with Gasteiger partial charge in [0.15, 0.2) is 23.4 Å². The number of carbonyl (C=O) groups is 1. The first kappa shape index (κ1) is 25.8. The number of benzene rings is 1. The predicted molar refractivity (Wildman–Crippen MR) is 117 cm³/mol. The van der Waals surface area contributed by atoms with Crippen LogP contribution >= 0.6 is 24.0 Å². The molecule has 1 aromatic heterocycles. The number of aliphatic hydroxyl groups is 1. The van der Waals surface area contributed by atoms with Gasteiger partial charge >= 0.3 is 0 Å². The van der Waals surface area contributed by atoms with Crippen molar-refractivity contribution in [3.8, 4) is 0 Å². The van der Waals surface area contributed by atoms with Gasteiger partial charge in [0, 0.05) is 6.54 Å². The summed E-state index contributed by atoms with van der Waals surface area (Å²) in [5, 5.41) is 18.4. The van der Waals surface area contributed by atoms with Crippen LogP contribution in [-0.4, -0.2) is 36.6 Å². The van der Waals surface area contributed by atoms with E-state index in [0.717, 1.165) is 6.07 Å². The summed E-state index contributed by atoms with van der Waals surface area (Å²) >= 11 is 0. The lowest BCUT2D eigenvalue weighted by Gasteiger charge is -2.22. The maximum Gasteiger partial charge on any atom is 0.246 e. The molecule has 0 radical (unpaired) electrons. The number of rotatable bonds is 7. The number of aliphatic imine (C=N–C) groups is 1. The molecule has 166 valence electrons. The van der Waals surface area contributed by atoms with Crippen molar-refractivity contribution >= 4 is 41.5 Å². The Labute approximate surface area is 189 Å². The fourth-order valence-electron chi connectivity index (χ4n) is 2.37. The summed E-state index contributed by atoms with van der Waals surface area (Å²) in [7, 11) is 0. The standard InChI is InChI=1S/C19H23F3N4O3.HI/c1-4-23-18(25-10-19(3,28)14-8-5-11(2)29-14)24-9-15(27)26-13-7-6-12(20)16(21)17(13)22;/h5-8,28H,4,9-10H2,1-3H3,(H,26,27)(H2,23,24,25);1H. The molecule has 4 N–H and O–H groups in total. The molecule has 1 heterocycles. The highest BCUT2D eigenvalue weighted by Gasteiger charge is 2.27. The summed E-state index contributed by atoms with van der Waals surface area (Å²) < 4.78 is 45.2. The monoisotopic (exact) mass is 540 g/mol. The predicted octanol–water partition coefficient (Wildman–Crippen LogP) is 3.02. The molecule has 0 saturated heterocycles. The second-order valence-electron chi connectivity index (χ2n) is 6.50. The lowest BCUT2D eigenvalue weighted by atomic mass is 10.0. The third kappa shape index (κ3) is 6.90. The van der Waals surface area contributed by atoms with Gasteiger partial charge in [0.1, 0.15) is 23.7 Å². The molecule has 0 saturated carbocycles. The minimum atomic E-state index is -1.67. The maximum atomic E-state index is 13.6. The summed E-state index contributed by atoms with van der Waals surface area (Å²) in [4.78, 5) is 16.0. The molecule has 0 fully saturated rings. The first-order chi connectivity index (χ1) is 13.6. The third-order valence-electron chi connectivity index (χ3n) is 3.91. The molecule has 1 amide bonds. The topological polar surface area (TPSA) is 98.9 Å². The van der Waals surface area contributed by atoms with E-state index in [9.17, 15) is 23.1 Å². The summed E-state index contributed by atoms with van der Waals surface area (Å²) in [6, 6.07) is 5.01. The first-order valence-electron chi connectivity index (χ1n) is 8.89. The molecular formula is C19H24F3IN4O3. The van der Waals surface area contributed by atoms with E-state index in [2.05, 4.69) is 20.9 Å². The van der Waals surface area contributed by atoms with Crippen molar-refractivity contribution in [1.82, 2.24) is 10.6 Å². The maximum absolute atomic E-state index is 13.6. The van der Waals surface area contributed by atoms with Gasteiger partial charge in [-0.1, -0.05) is 0 Å². The number of hydrogen-bond acceptors (Lipinski definition) is 4. The Kier molecular flexibility index (Phi) is 9.62. The van der Waals surface area contributed by atoms with Crippen molar-refractivity contribution in [3.63, 3.8) is 0 Å². The molecule has 0 aliphatic carbocycles. The van der Waals surface area contributed by atoms with Crippen molar-refractivity contribution in [2.24, 2.45) is 4.99 Å². The molecule has 0 aliphatic heterocycles. The number of amides is 1. The van der Waals surface area contributed by atoms with Crippen LogP contribution in [0.25, 0.3) is 0 Å². The zero-order chi connectivity index (χ0) is 21.6. The van der Waals surface area contributed by atoms with Crippen LogP contribution in [-0.2, 0) is 10.4 Å². The summed E-state index contributed by atoms with van der Waals surface area (Å²) in [6.07, 6.45) is 0. The summed E-state index contributed by atoms with van der Waals surface area (Å²) in [6.45, 7) is 5.21. The number of anilines is 1. The van der Waals surface area contributed by atoms with Crippen LogP contribution in [0.3, 0.4) is 0 Å². The van der Waals surface area contributed by atoms with Gasteiger partial charge < -0.3 is 25.5 Å². The quantitative estimate of drug-likeness (QED) is 0.188. The number of nitrogens with one attached hydrogen (secondary N) is 3. The van der Waals surface area contributed by atoms with Crippen LogP contribution in [0, 0.1) is 24.4 Å². The highest BCUT2D eigenvalue weighted by molar-refractivity contribution is 14.0. The number of furan rings is 1. The molecule has 1 aromatic carbocycles. The molecule has 7 nitrogen and oxygen atoms in total. The average molecular weight is 540 g/mol. The highest BCUT2D eigenvalue weighted by atomic mass is 127. The van der Waals surface area contributed by atoms with Crippen LogP contribution < -0.4 is 16.0 Å². The van der Waals surface area contributed by atoms with Gasteiger partial charge in [-0.05, 0) is 45.0 Å². The van der Waals surface area contributed by atoms with Crippen molar-refractivity contribution in [2.45, 2.75) is 26.4 Å². The molecule has 0 spiro atoms. The molecule has 30 heavy (non-hydrogen) atoms. The Hall–Kier alpha value is -2.28. The second kappa shape index (κ2) is 11.2. The molecule has 0 bridgehead atoms. The fraction of sp³-hybridized carbons (Fsp3) is 0.368. The van der Waals surface area contributed by atoms with Gasteiger partial charge in [0.2, 0.25) is 5.91 Å². The number of nitrogens with zero attached hydrogens (tertiary/aromatic N) is 1. The lowest BCUT2D eigenvalue weighted by molar-refractivity contribution is -0.114. The van der Waals surface area contributed by atoms with E-state index in [1.807, 2.05) is 6.92 Å². The summed E-state index contributed by atoms with van der Waals surface area (Å²) in [5.41, 5.74) is -1.82. The largest absolute Gasteiger partial charge is 0.463 e. The lowest BCUT2D eigenvalue weighted by Crippen LogP contribution is -2.44. The molecule has 11 heteroatoms. The SMILES string of the molecule is CCNC(=NCC(=O)Nc1ccc(F)c(F)c1F)NCC(C)(O)c1ccc(C)o1.I. The normalized spacial score (nSPS) is 13.2. The van der Waals surface area contributed by atoms with Crippen molar-refractivity contribution < 1.29 is 27.5 Å². The van der Waals surface area contributed by atoms with Gasteiger partial charge in [-0.15, -0.1) is 24.0 Å². The van der Waals surface area contributed by atoms with E-state index < -0.39 is 41.2 Å². The zero-order valence-corrected chi connectivity index (χ0v) is 19.0. The molecule has 1 unspecified atom stereocenters. The van der Waals surface area contributed by atoms with Crippen LogP contribution in [0.1, 0.15) is 25.4 Å². The van der Waals surface area contributed by atoms with E-state index in [1.165, 1.54) is 0 Å². The van der Waals surface area contributed by atoms with Gasteiger partial charge in [-0.2, -0.15) is 0 Å². The molecular weight excluding hydrogens is 516 g/mol. The Balaban J connectivity index is 0.00000450. The van der Waals surface area contributed by atoms with Gasteiger partial charge in [0.25, 0.3) is 0 Å². The average Bonchev–Trinajstić information content (AvgIpc) is 3.12. The zero-order valence-electron chi connectivity index (χ0n) is 16.7. The fourth-order valence-corrected chi connectivity index (χ4v) is 2.37. The highest BCUT2D eigenvalue weighted by Crippen LogP contribution is 2.22. The number of halogens is 4. The van der Waals surface area contributed by atoms with E-state index in [0.29, 0.717) is 24.1 Å². The third-order valence-corrected chi connectivity index (χ3v) is 3.91. The van der Waals surface area contributed by atoms with E-state index >= 15 is 0 Å². The molecule has 2 rings (SSSR count). The molecule has 1 atom stereocenters. The molecule has 2 aromatic rings. The first-order valence-corrected chi connectivity index (χ1v) is 8.89. The van der Waals surface area contributed by atoms with Crippen LogP contribution in [0.4, 0.5) is 18.9 Å². The Morgan fingerprint density at radius 3 is 2.47 bits per heavy atom. The number of hydrogen-bond donors (Lipinski definition) is 4. The smallest absolute Gasteiger partial charge is 0.246 e. The van der Waals surface area contributed by atoms with Crippen molar-refractivity contribution in [2.75, 3.05) is 25.0 Å². The van der Waals surface area contributed by atoms with Crippen molar-refractivity contribution in [1.29, 1.82) is 0 Å². The van der Waals surface area contributed by atoms with Gasteiger partial charge in [-0.25, -0.2) is 18.2 Å². The minimum Gasteiger partial charge on any atom is -0.463 e. The van der Waals surface area contributed by atoms with Crippen molar-refractivity contribution in [3.05, 3.63) is 53.2 Å². The number of aryl methyl sites for hydroxylation is 1. The van der Waals surface area contributed by atoms with Crippen LogP contribution in [0.15, 0.2) is 33.7 Å². The van der Waals surface area contributed by atoms with Crippen LogP contribution in [0.2, 0.25) is 0 Å². The Morgan fingerprint density at radius 2 is 1.87 bits per heavy atom. The van der Waals surface area contributed by atoms with E-state index in [4.69, 9.17) is 4.42 Å². The minimum absolute atomic E-state index is 0. The van der Waals surface area contributed by atoms with Crippen LogP contribution in [0.5, 0.6) is 0 Å². The number of guanidine groups is 1. The Bertz CT molecular complexity index is 903.